The van der Waals surface area contributed by atoms with Crippen molar-refractivity contribution in [1.29, 1.82) is 0 Å². The molecule has 0 aromatic carbocycles. The SMILES string of the molecule is CCCC=CCCCCOCCCCP. The van der Waals surface area contributed by atoms with Crippen molar-refractivity contribution in [2.24, 2.45) is 0 Å². The molecule has 1 atom stereocenters. The maximum absolute atomic E-state index is 5.53. The minimum atomic E-state index is 0.943. The standard InChI is InChI=1S/C13H27OP/c1-2-3-4-5-6-7-8-11-14-12-9-10-13-15/h4-5H,2-3,6-13,15H2,1H3. The number of hydrogen-bond donors (Lipinski definition) is 0. The zero-order valence-electron chi connectivity index (χ0n) is 10.2. The predicted molar refractivity (Wildman–Crippen MR) is 72.5 cm³/mol. The van der Waals surface area contributed by atoms with Crippen molar-refractivity contribution in [3.63, 3.8) is 0 Å². The molecule has 0 rings (SSSR count). The molecule has 0 amide bonds. The van der Waals surface area contributed by atoms with Gasteiger partial charge < -0.3 is 4.74 Å². The Hall–Kier alpha value is 0.130. The van der Waals surface area contributed by atoms with Gasteiger partial charge in [-0.1, -0.05) is 25.5 Å². The highest BCUT2D eigenvalue weighted by Gasteiger charge is 1.89. The molecule has 0 saturated carbocycles. The molecule has 0 aromatic rings. The summed E-state index contributed by atoms with van der Waals surface area (Å²) in [6, 6.07) is 0. The van der Waals surface area contributed by atoms with E-state index in [-0.39, 0.29) is 0 Å². The number of hydrogen-bond acceptors (Lipinski definition) is 1. The molecule has 0 aliphatic rings. The highest BCUT2D eigenvalue weighted by molar-refractivity contribution is 7.16. The fraction of sp³-hybridized carbons (Fsp3) is 0.846. The Morgan fingerprint density at radius 2 is 1.60 bits per heavy atom. The Kier molecular flexibility index (Phi) is 14.3. The van der Waals surface area contributed by atoms with Crippen LogP contribution in [0.3, 0.4) is 0 Å². The first-order valence-corrected chi connectivity index (χ1v) is 7.16. The Balaban J connectivity index is 2.92. The fourth-order valence-corrected chi connectivity index (χ4v) is 1.61. The zero-order valence-corrected chi connectivity index (χ0v) is 11.4. The topological polar surface area (TPSA) is 9.23 Å². The quantitative estimate of drug-likeness (QED) is 0.294. The van der Waals surface area contributed by atoms with Crippen LogP contribution in [0, 0.1) is 0 Å². The molecule has 0 N–H and O–H groups in total. The van der Waals surface area contributed by atoms with Crippen LogP contribution in [-0.4, -0.2) is 19.4 Å². The van der Waals surface area contributed by atoms with E-state index >= 15 is 0 Å². The average Bonchev–Trinajstić information content (AvgIpc) is 2.26. The van der Waals surface area contributed by atoms with E-state index in [1.807, 2.05) is 0 Å². The Morgan fingerprint density at radius 1 is 0.933 bits per heavy atom. The van der Waals surface area contributed by atoms with Crippen LogP contribution in [-0.2, 0) is 4.74 Å². The van der Waals surface area contributed by atoms with Crippen molar-refractivity contribution in [1.82, 2.24) is 0 Å². The summed E-state index contributed by atoms with van der Waals surface area (Å²) < 4.78 is 5.53. The van der Waals surface area contributed by atoms with Crippen molar-refractivity contribution in [3.05, 3.63) is 12.2 Å². The summed E-state index contributed by atoms with van der Waals surface area (Å²) in [6.45, 7) is 4.10. The van der Waals surface area contributed by atoms with Crippen LogP contribution in [0.5, 0.6) is 0 Å². The van der Waals surface area contributed by atoms with E-state index in [1.54, 1.807) is 0 Å². The Bertz CT molecular complexity index is 134. The van der Waals surface area contributed by atoms with Crippen LogP contribution in [0.25, 0.3) is 0 Å². The molecule has 0 fully saturated rings. The smallest absolute Gasteiger partial charge is 0.0466 e. The lowest BCUT2D eigenvalue weighted by Gasteiger charge is -2.02. The molecular weight excluding hydrogens is 203 g/mol. The number of allylic oxidation sites excluding steroid dienone is 2. The average molecular weight is 230 g/mol. The van der Waals surface area contributed by atoms with Crippen molar-refractivity contribution >= 4 is 9.24 Å². The summed E-state index contributed by atoms with van der Waals surface area (Å²) in [5, 5.41) is 0. The molecule has 0 bridgehead atoms. The van der Waals surface area contributed by atoms with E-state index in [0.29, 0.717) is 0 Å². The number of rotatable bonds is 11. The van der Waals surface area contributed by atoms with Gasteiger partial charge in [-0.3, -0.25) is 0 Å². The largest absolute Gasteiger partial charge is 0.381 e. The molecule has 2 heteroatoms. The van der Waals surface area contributed by atoms with Crippen molar-refractivity contribution in [2.45, 2.75) is 51.9 Å². The van der Waals surface area contributed by atoms with Crippen molar-refractivity contribution in [3.8, 4) is 0 Å². The van der Waals surface area contributed by atoms with Crippen LogP contribution >= 0.6 is 9.24 Å². The second-order valence-electron chi connectivity index (χ2n) is 3.86. The summed E-state index contributed by atoms with van der Waals surface area (Å²) in [5.41, 5.74) is 0. The fourth-order valence-electron chi connectivity index (χ4n) is 1.32. The first-order valence-electron chi connectivity index (χ1n) is 6.34. The van der Waals surface area contributed by atoms with E-state index in [9.17, 15) is 0 Å². The lowest BCUT2D eigenvalue weighted by atomic mass is 10.2. The molecule has 90 valence electrons. The van der Waals surface area contributed by atoms with Crippen LogP contribution in [0.4, 0.5) is 0 Å². The van der Waals surface area contributed by atoms with Gasteiger partial charge in [-0.15, -0.1) is 9.24 Å². The lowest BCUT2D eigenvalue weighted by Crippen LogP contribution is -1.97. The zero-order chi connectivity index (χ0) is 11.2. The van der Waals surface area contributed by atoms with E-state index < -0.39 is 0 Å². The van der Waals surface area contributed by atoms with Crippen LogP contribution in [0.1, 0.15) is 51.9 Å². The minimum Gasteiger partial charge on any atom is -0.381 e. The summed E-state index contributed by atoms with van der Waals surface area (Å²) in [5.74, 6) is 0. The maximum Gasteiger partial charge on any atom is 0.0466 e. The normalized spacial score (nSPS) is 11.3. The molecule has 0 aliphatic heterocycles. The van der Waals surface area contributed by atoms with Crippen molar-refractivity contribution in [2.75, 3.05) is 19.4 Å². The summed E-state index contributed by atoms with van der Waals surface area (Å²) in [7, 11) is 2.75. The van der Waals surface area contributed by atoms with Gasteiger partial charge >= 0.3 is 0 Å². The molecule has 15 heavy (non-hydrogen) atoms. The van der Waals surface area contributed by atoms with Gasteiger partial charge in [0.15, 0.2) is 0 Å². The summed E-state index contributed by atoms with van der Waals surface area (Å²) in [6.07, 6.45) is 14.4. The van der Waals surface area contributed by atoms with Gasteiger partial charge in [0.05, 0.1) is 0 Å². The molecule has 0 aromatic heterocycles. The monoisotopic (exact) mass is 230 g/mol. The van der Waals surface area contributed by atoms with Crippen LogP contribution in [0.2, 0.25) is 0 Å². The maximum atomic E-state index is 5.53. The first-order chi connectivity index (χ1) is 7.41. The van der Waals surface area contributed by atoms with Gasteiger partial charge in [-0.25, -0.2) is 0 Å². The van der Waals surface area contributed by atoms with E-state index in [0.717, 1.165) is 13.2 Å². The molecule has 0 saturated heterocycles. The highest BCUT2D eigenvalue weighted by atomic mass is 31.0. The van der Waals surface area contributed by atoms with E-state index in [1.165, 1.54) is 51.1 Å². The van der Waals surface area contributed by atoms with Crippen molar-refractivity contribution < 1.29 is 4.74 Å². The first kappa shape index (κ1) is 15.1. The van der Waals surface area contributed by atoms with Crippen LogP contribution in [0.15, 0.2) is 12.2 Å². The molecule has 0 radical (unpaired) electrons. The van der Waals surface area contributed by atoms with Gasteiger partial charge in [-0.2, -0.15) is 0 Å². The molecule has 0 heterocycles. The van der Waals surface area contributed by atoms with Gasteiger partial charge in [0.2, 0.25) is 0 Å². The summed E-state index contributed by atoms with van der Waals surface area (Å²) >= 11 is 0. The third-order valence-electron chi connectivity index (χ3n) is 2.27. The molecular formula is C13H27OP. The molecule has 0 aliphatic carbocycles. The number of unbranched alkanes of at least 4 members (excludes halogenated alkanes) is 4. The second-order valence-corrected chi connectivity index (χ2v) is 4.44. The molecule has 1 unspecified atom stereocenters. The van der Waals surface area contributed by atoms with Gasteiger partial charge in [0, 0.05) is 13.2 Å². The van der Waals surface area contributed by atoms with Gasteiger partial charge in [0.25, 0.3) is 0 Å². The van der Waals surface area contributed by atoms with Gasteiger partial charge in [0.1, 0.15) is 0 Å². The van der Waals surface area contributed by atoms with E-state index in [4.69, 9.17) is 4.74 Å². The third kappa shape index (κ3) is 14.1. The Morgan fingerprint density at radius 3 is 2.27 bits per heavy atom. The third-order valence-corrected chi connectivity index (χ3v) is 2.68. The minimum absolute atomic E-state index is 0.943. The molecule has 0 spiro atoms. The van der Waals surface area contributed by atoms with E-state index in [2.05, 4.69) is 28.3 Å². The lowest BCUT2D eigenvalue weighted by molar-refractivity contribution is 0.128. The van der Waals surface area contributed by atoms with Gasteiger partial charge in [-0.05, 0) is 44.7 Å². The molecule has 1 nitrogen and oxygen atoms in total. The highest BCUT2D eigenvalue weighted by Crippen LogP contribution is 2.00. The second kappa shape index (κ2) is 14.1. The Labute approximate surface area is 97.9 Å². The summed E-state index contributed by atoms with van der Waals surface area (Å²) in [4.78, 5) is 0. The number of ether oxygens (including phenoxy) is 1. The predicted octanol–water partition coefficient (Wildman–Crippen LogP) is 4.18. The van der Waals surface area contributed by atoms with Crippen LogP contribution < -0.4 is 0 Å².